The van der Waals surface area contributed by atoms with Gasteiger partial charge in [0.15, 0.2) is 0 Å². The summed E-state index contributed by atoms with van der Waals surface area (Å²) in [5.41, 5.74) is 1.02. The topological polar surface area (TPSA) is 89.0 Å². The van der Waals surface area contributed by atoms with Crippen molar-refractivity contribution in [3.8, 4) is 0 Å². The quantitative estimate of drug-likeness (QED) is 0.643. The first-order chi connectivity index (χ1) is 15.0. The lowest BCUT2D eigenvalue weighted by Crippen LogP contribution is -2.59. The van der Waals surface area contributed by atoms with Crippen molar-refractivity contribution in [2.24, 2.45) is 0 Å². The number of carbonyl (C=O) groups is 2. The Morgan fingerprint density at radius 1 is 1.16 bits per heavy atom. The summed E-state index contributed by atoms with van der Waals surface area (Å²) in [6.07, 6.45) is 6.76. The van der Waals surface area contributed by atoms with E-state index in [9.17, 15) is 14.7 Å². The zero-order valence-corrected chi connectivity index (χ0v) is 18.7. The van der Waals surface area contributed by atoms with Crippen LogP contribution in [-0.2, 0) is 26.5 Å². The largest absolute Gasteiger partial charge is 0.480 e. The van der Waals surface area contributed by atoms with E-state index in [-0.39, 0.29) is 24.8 Å². The lowest BCUT2D eigenvalue weighted by atomic mass is 9.72. The van der Waals surface area contributed by atoms with Crippen molar-refractivity contribution in [2.45, 2.75) is 56.4 Å². The van der Waals surface area contributed by atoms with E-state index in [1.54, 1.807) is 12.4 Å². The van der Waals surface area contributed by atoms with Crippen LogP contribution in [0.1, 0.15) is 43.2 Å². The maximum absolute atomic E-state index is 13.0. The molecule has 2 aliphatic rings. The van der Waals surface area contributed by atoms with Gasteiger partial charge < -0.3 is 19.5 Å². The molecule has 7 nitrogen and oxygen atoms in total. The van der Waals surface area contributed by atoms with Crippen LogP contribution in [0.2, 0.25) is 0 Å². The molecular weight excluding hydrogens is 464 g/mol. The molecule has 1 amide bonds. The summed E-state index contributed by atoms with van der Waals surface area (Å²) >= 11 is 3.55. The number of hydrogen-bond donors (Lipinski definition) is 1. The minimum absolute atomic E-state index is 0.0790. The van der Waals surface area contributed by atoms with Crippen LogP contribution in [0.25, 0.3) is 0 Å². The Kier molecular flexibility index (Phi) is 6.57. The molecule has 1 aromatic heterocycles. The van der Waals surface area contributed by atoms with Gasteiger partial charge in [0.05, 0.1) is 5.60 Å². The predicted octanol–water partition coefficient (Wildman–Crippen LogP) is 4.49. The third kappa shape index (κ3) is 4.75. The van der Waals surface area contributed by atoms with Gasteiger partial charge in [-0.15, -0.1) is 0 Å². The molecule has 0 radical (unpaired) electrons. The van der Waals surface area contributed by atoms with E-state index in [0.29, 0.717) is 12.8 Å². The van der Waals surface area contributed by atoms with E-state index < -0.39 is 18.2 Å². The molecule has 0 saturated carbocycles. The Hall–Kier alpha value is -2.45. The normalized spacial score (nSPS) is 25.1. The highest BCUT2D eigenvalue weighted by atomic mass is 79.9. The van der Waals surface area contributed by atoms with Crippen LogP contribution in [0, 0.1) is 0 Å². The SMILES string of the molecule is O=C(O)COC1(c2ccncc2Br)CC2CCCC(C1)N2C(=O)OCc1ccccc1. The molecule has 8 heteroatoms. The average molecular weight is 489 g/mol. The summed E-state index contributed by atoms with van der Waals surface area (Å²) in [5, 5.41) is 9.26. The van der Waals surface area contributed by atoms with E-state index in [2.05, 4.69) is 20.9 Å². The summed E-state index contributed by atoms with van der Waals surface area (Å²) in [7, 11) is 0. The van der Waals surface area contributed by atoms with Gasteiger partial charge in [-0.1, -0.05) is 30.3 Å². The third-order valence-electron chi connectivity index (χ3n) is 6.14. The van der Waals surface area contributed by atoms with Crippen molar-refractivity contribution in [3.63, 3.8) is 0 Å². The summed E-state index contributed by atoms with van der Waals surface area (Å²) in [6, 6.07) is 11.3. The molecule has 2 atom stereocenters. The van der Waals surface area contributed by atoms with E-state index >= 15 is 0 Å². The van der Waals surface area contributed by atoms with E-state index in [1.165, 1.54) is 0 Å². The first kappa shape index (κ1) is 21.8. The van der Waals surface area contributed by atoms with Gasteiger partial charge in [0.2, 0.25) is 0 Å². The van der Waals surface area contributed by atoms with Crippen LogP contribution >= 0.6 is 15.9 Å². The standard InChI is InChI=1S/C23H25BrN2O5/c24-20-13-25-10-9-19(20)23(31-15-21(27)28)11-17-7-4-8-18(12-23)26(17)22(29)30-14-16-5-2-1-3-6-16/h1-3,5-6,9-10,13,17-18H,4,7-8,11-12,14-15H2,(H,27,28). The predicted molar refractivity (Wildman–Crippen MR) is 116 cm³/mol. The molecule has 1 aromatic carbocycles. The number of carboxylic acids is 1. The number of carboxylic acid groups (broad SMARTS) is 1. The lowest BCUT2D eigenvalue weighted by Gasteiger charge is -2.53. The molecule has 2 saturated heterocycles. The van der Waals surface area contributed by atoms with Gasteiger partial charge in [0.1, 0.15) is 13.2 Å². The van der Waals surface area contributed by atoms with E-state index in [4.69, 9.17) is 9.47 Å². The molecular formula is C23H25BrN2O5. The zero-order valence-electron chi connectivity index (χ0n) is 17.1. The van der Waals surface area contributed by atoms with Gasteiger partial charge >= 0.3 is 12.1 Å². The van der Waals surface area contributed by atoms with Crippen molar-refractivity contribution >= 4 is 28.0 Å². The van der Waals surface area contributed by atoms with Crippen LogP contribution in [0.3, 0.4) is 0 Å². The van der Waals surface area contributed by atoms with Crippen molar-refractivity contribution in [1.82, 2.24) is 9.88 Å². The summed E-state index contributed by atoms with van der Waals surface area (Å²) in [6.45, 7) is -0.168. The van der Waals surface area contributed by atoms with Crippen LogP contribution in [0.4, 0.5) is 4.79 Å². The van der Waals surface area contributed by atoms with Crippen molar-refractivity contribution < 1.29 is 24.2 Å². The number of piperidine rings is 2. The first-order valence-corrected chi connectivity index (χ1v) is 11.2. The second-order valence-corrected chi connectivity index (χ2v) is 8.98. The summed E-state index contributed by atoms with van der Waals surface area (Å²) in [4.78, 5) is 30.3. The van der Waals surface area contributed by atoms with Crippen molar-refractivity contribution in [1.29, 1.82) is 0 Å². The molecule has 164 valence electrons. The number of carbonyl (C=O) groups excluding carboxylic acids is 1. The molecule has 0 aliphatic carbocycles. The second kappa shape index (κ2) is 9.36. The number of ether oxygens (including phenoxy) is 2. The van der Waals surface area contributed by atoms with Crippen molar-refractivity contribution in [3.05, 3.63) is 64.4 Å². The first-order valence-electron chi connectivity index (χ1n) is 10.4. The second-order valence-electron chi connectivity index (χ2n) is 8.13. The minimum Gasteiger partial charge on any atom is -0.480 e. The summed E-state index contributed by atoms with van der Waals surface area (Å²) < 4.78 is 12.5. The number of hydrogen-bond acceptors (Lipinski definition) is 5. The third-order valence-corrected chi connectivity index (χ3v) is 6.78. The van der Waals surface area contributed by atoms with Gasteiger partial charge in [-0.3, -0.25) is 4.98 Å². The maximum atomic E-state index is 13.0. The molecule has 2 bridgehead atoms. The molecule has 2 fully saturated rings. The average Bonchev–Trinajstić information content (AvgIpc) is 2.76. The maximum Gasteiger partial charge on any atom is 0.410 e. The van der Waals surface area contributed by atoms with E-state index in [0.717, 1.165) is 34.9 Å². The number of rotatable bonds is 6. The Labute approximate surface area is 189 Å². The van der Waals surface area contributed by atoms with E-state index in [1.807, 2.05) is 41.3 Å². The Morgan fingerprint density at radius 3 is 2.52 bits per heavy atom. The molecule has 4 rings (SSSR count). The van der Waals surface area contributed by atoms with Crippen LogP contribution in [0.15, 0.2) is 53.3 Å². The number of halogens is 1. The molecule has 0 spiro atoms. The number of aliphatic carboxylic acids is 1. The van der Waals surface area contributed by atoms with Crippen LogP contribution in [0.5, 0.6) is 0 Å². The number of nitrogens with zero attached hydrogens (tertiary/aromatic N) is 2. The van der Waals surface area contributed by atoms with Gasteiger partial charge in [0.25, 0.3) is 0 Å². The fraction of sp³-hybridized carbons (Fsp3) is 0.435. The number of aromatic nitrogens is 1. The number of fused-ring (bicyclic) bond motifs is 2. The smallest absolute Gasteiger partial charge is 0.410 e. The fourth-order valence-electron chi connectivity index (χ4n) is 4.86. The Balaban J connectivity index is 1.56. The summed E-state index contributed by atoms with van der Waals surface area (Å²) in [5.74, 6) is -1.01. The highest BCUT2D eigenvalue weighted by molar-refractivity contribution is 9.10. The highest BCUT2D eigenvalue weighted by Crippen LogP contribution is 2.48. The Morgan fingerprint density at radius 2 is 1.87 bits per heavy atom. The Bertz CT molecular complexity index is 925. The highest BCUT2D eigenvalue weighted by Gasteiger charge is 2.51. The molecule has 3 heterocycles. The molecule has 2 aliphatic heterocycles. The van der Waals surface area contributed by atoms with Gasteiger partial charge in [-0.2, -0.15) is 0 Å². The molecule has 1 N–H and O–H groups in total. The number of pyridine rings is 1. The van der Waals surface area contributed by atoms with Gasteiger partial charge in [-0.25, -0.2) is 9.59 Å². The van der Waals surface area contributed by atoms with Gasteiger partial charge in [-0.05, 0) is 46.8 Å². The number of benzene rings is 1. The molecule has 2 aromatic rings. The van der Waals surface area contributed by atoms with Crippen LogP contribution < -0.4 is 0 Å². The molecule has 2 unspecified atom stereocenters. The zero-order chi connectivity index (χ0) is 21.8. The lowest BCUT2D eigenvalue weighted by molar-refractivity contribution is -0.163. The monoisotopic (exact) mass is 488 g/mol. The van der Waals surface area contributed by atoms with Gasteiger partial charge in [0, 0.05) is 47.4 Å². The van der Waals surface area contributed by atoms with Crippen molar-refractivity contribution in [2.75, 3.05) is 6.61 Å². The number of amides is 1. The molecule has 31 heavy (non-hydrogen) atoms. The fourth-order valence-corrected chi connectivity index (χ4v) is 5.47. The van der Waals surface area contributed by atoms with Crippen LogP contribution in [-0.4, -0.2) is 45.7 Å². The minimum atomic E-state index is -1.01.